The van der Waals surface area contributed by atoms with E-state index in [1.807, 2.05) is 91.9 Å². The first kappa shape index (κ1) is 17.7. The molecule has 4 rings (SSSR count). The van der Waals surface area contributed by atoms with Crippen LogP contribution >= 0.6 is 0 Å². The lowest BCUT2D eigenvalue weighted by Crippen LogP contribution is -2.41. The molecule has 4 aromatic rings. The maximum absolute atomic E-state index is 13.1. The van der Waals surface area contributed by atoms with E-state index in [1.54, 1.807) is 15.2 Å². The molecule has 0 saturated heterocycles. The molecule has 0 amide bonds. The standard InChI is InChI=1S/C24H20N2O2/c1-18-10-8-16-25-22(18)26(17-9-13-19-11-4-2-5-12-19)24(28)21(23(25)27)20-14-6-3-7-15-20/h2-16H,17H2,1H3/p+1. The van der Waals surface area contributed by atoms with Crippen molar-refractivity contribution in [3.8, 4) is 17.0 Å². The molecular formula is C24H21N2O2+. The van der Waals surface area contributed by atoms with E-state index in [2.05, 4.69) is 0 Å². The van der Waals surface area contributed by atoms with Crippen LogP contribution in [0.2, 0.25) is 0 Å². The van der Waals surface area contributed by atoms with Crippen molar-refractivity contribution in [1.82, 2.24) is 4.40 Å². The predicted octanol–water partition coefficient (Wildman–Crippen LogP) is 3.98. The Morgan fingerprint density at radius 2 is 1.64 bits per heavy atom. The second-order valence-corrected chi connectivity index (χ2v) is 6.68. The predicted molar refractivity (Wildman–Crippen MR) is 111 cm³/mol. The number of pyridine rings is 1. The Balaban J connectivity index is 1.91. The van der Waals surface area contributed by atoms with E-state index in [0.29, 0.717) is 23.3 Å². The quantitative estimate of drug-likeness (QED) is 0.553. The zero-order chi connectivity index (χ0) is 19.5. The van der Waals surface area contributed by atoms with Crippen LogP contribution in [-0.2, 0) is 6.54 Å². The molecule has 0 saturated carbocycles. The lowest BCUT2D eigenvalue weighted by Gasteiger charge is -2.10. The summed E-state index contributed by atoms with van der Waals surface area (Å²) < 4.78 is 3.38. The Labute approximate surface area is 163 Å². The van der Waals surface area contributed by atoms with E-state index >= 15 is 0 Å². The molecule has 0 aliphatic heterocycles. The van der Waals surface area contributed by atoms with Crippen LogP contribution in [0.4, 0.5) is 0 Å². The van der Waals surface area contributed by atoms with E-state index in [0.717, 1.165) is 11.1 Å². The van der Waals surface area contributed by atoms with Crippen molar-refractivity contribution in [1.29, 1.82) is 0 Å². The molecule has 0 unspecified atom stereocenters. The first-order valence-electron chi connectivity index (χ1n) is 9.20. The van der Waals surface area contributed by atoms with Crippen LogP contribution in [0.15, 0.2) is 89.9 Å². The molecule has 0 bridgehead atoms. The van der Waals surface area contributed by atoms with Crippen molar-refractivity contribution in [3.05, 3.63) is 107 Å². The van der Waals surface area contributed by atoms with Gasteiger partial charge in [-0.15, -0.1) is 0 Å². The summed E-state index contributed by atoms with van der Waals surface area (Å²) in [6, 6.07) is 23.1. The third-order valence-electron chi connectivity index (χ3n) is 4.79. The molecular weight excluding hydrogens is 348 g/mol. The molecule has 138 valence electrons. The van der Waals surface area contributed by atoms with Gasteiger partial charge in [-0.3, -0.25) is 0 Å². The maximum Gasteiger partial charge on any atom is 0.354 e. The molecule has 2 aromatic heterocycles. The molecule has 28 heavy (non-hydrogen) atoms. The average molecular weight is 369 g/mol. The van der Waals surface area contributed by atoms with Crippen molar-refractivity contribution in [2.24, 2.45) is 0 Å². The molecule has 4 nitrogen and oxygen atoms in total. The smallest absolute Gasteiger partial charge is 0.354 e. The minimum absolute atomic E-state index is 0.0248. The van der Waals surface area contributed by atoms with Gasteiger partial charge in [-0.25, -0.2) is 4.79 Å². The highest BCUT2D eigenvalue weighted by Gasteiger charge is 2.25. The molecule has 4 heteroatoms. The second kappa shape index (κ2) is 7.53. The Bertz CT molecular complexity index is 1210. The summed E-state index contributed by atoms with van der Waals surface area (Å²) >= 11 is 0. The SMILES string of the molecule is Cc1cccn2c(=O)c(-c3ccccc3)c(O)[n+](CC=Cc3ccccc3)c12. The first-order chi connectivity index (χ1) is 13.7. The monoisotopic (exact) mass is 369 g/mol. The molecule has 0 aliphatic carbocycles. The highest BCUT2D eigenvalue weighted by molar-refractivity contribution is 5.67. The highest BCUT2D eigenvalue weighted by Crippen LogP contribution is 2.23. The Hall–Kier alpha value is -3.66. The third-order valence-corrected chi connectivity index (χ3v) is 4.79. The number of aromatic hydroxyl groups is 1. The largest absolute Gasteiger partial charge is 0.477 e. The third kappa shape index (κ3) is 3.21. The van der Waals surface area contributed by atoms with E-state index in [1.165, 1.54) is 0 Å². The number of hydrogen-bond acceptors (Lipinski definition) is 2. The Morgan fingerprint density at radius 3 is 2.36 bits per heavy atom. The van der Waals surface area contributed by atoms with Crippen LogP contribution in [0.5, 0.6) is 5.88 Å². The van der Waals surface area contributed by atoms with Crippen molar-refractivity contribution < 1.29 is 9.67 Å². The molecule has 1 N–H and O–H groups in total. The summed E-state index contributed by atoms with van der Waals surface area (Å²) in [5.41, 5.74) is 3.45. The number of allylic oxidation sites excluding steroid dienone is 1. The number of aromatic nitrogens is 2. The van der Waals surface area contributed by atoms with Gasteiger partial charge in [0.2, 0.25) is 0 Å². The maximum atomic E-state index is 13.1. The fraction of sp³-hybridized carbons (Fsp3) is 0.0833. The van der Waals surface area contributed by atoms with Gasteiger partial charge in [0.15, 0.2) is 5.56 Å². The molecule has 0 atom stereocenters. The fourth-order valence-corrected chi connectivity index (χ4v) is 3.46. The van der Waals surface area contributed by atoms with Gasteiger partial charge in [0.1, 0.15) is 6.54 Å². The van der Waals surface area contributed by atoms with Gasteiger partial charge in [-0.1, -0.05) is 66.7 Å². The summed E-state index contributed by atoms with van der Waals surface area (Å²) in [5, 5.41) is 11.1. The van der Waals surface area contributed by atoms with Crippen LogP contribution in [0.3, 0.4) is 0 Å². The molecule has 0 spiro atoms. The summed E-state index contributed by atoms with van der Waals surface area (Å²) in [5.74, 6) is -0.0248. The summed E-state index contributed by atoms with van der Waals surface area (Å²) in [6.07, 6.45) is 5.74. The van der Waals surface area contributed by atoms with Crippen molar-refractivity contribution in [2.45, 2.75) is 13.5 Å². The minimum Gasteiger partial charge on any atom is -0.477 e. The lowest BCUT2D eigenvalue weighted by atomic mass is 10.1. The molecule has 2 heterocycles. The van der Waals surface area contributed by atoms with Gasteiger partial charge in [-0.2, -0.15) is 8.97 Å². The van der Waals surface area contributed by atoms with Crippen molar-refractivity contribution >= 4 is 11.7 Å². The highest BCUT2D eigenvalue weighted by atomic mass is 16.3. The lowest BCUT2D eigenvalue weighted by molar-refractivity contribution is -0.670. The zero-order valence-electron chi connectivity index (χ0n) is 15.6. The normalized spacial score (nSPS) is 11.3. The van der Waals surface area contributed by atoms with Crippen LogP contribution in [0.1, 0.15) is 11.1 Å². The Morgan fingerprint density at radius 1 is 0.964 bits per heavy atom. The van der Waals surface area contributed by atoms with E-state index in [9.17, 15) is 9.90 Å². The second-order valence-electron chi connectivity index (χ2n) is 6.68. The van der Waals surface area contributed by atoms with Crippen molar-refractivity contribution in [3.63, 3.8) is 0 Å². The van der Waals surface area contributed by atoms with E-state index < -0.39 is 0 Å². The zero-order valence-corrected chi connectivity index (χ0v) is 15.6. The van der Waals surface area contributed by atoms with Gasteiger partial charge in [0, 0.05) is 5.56 Å². The van der Waals surface area contributed by atoms with Gasteiger partial charge >= 0.3 is 5.56 Å². The van der Waals surface area contributed by atoms with Crippen LogP contribution in [-0.4, -0.2) is 9.51 Å². The van der Waals surface area contributed by atoms with Crippen LogP contribution in [0.25, 0.3) is 22.9 Å². The summed E-state index contributed by atoms with van der Waals surface area (Å²) in [7, 11) is 0. The summed E-state index contributed by atoms with van der Waals surface area (Å²) in [6.45, 7) is 2.38. The van der Waals surface area contributed by atoms with Gasteiger partial charge < -0.3 is 5.11 Å². The van der Waals surface area contributed by atoms with Gasteiger partial charge in [0.05, 0.1) is 6.20 Å². The molecule has 2 aromatic carbocycles. The van der Waals surface area contributed by atoms with E-state index in [-0.39, 0.29) is 11.4 Å². The van der Waals surface area contributed by atoms with Gasteiger partial charge in [0.25, 0.3) is 11.5 Å². The molecule has 0 aliphatic rings. The number of aryl methyl sites for hydroxylation is 1. The average Bonchev–Trinajstić information content (AvgIpc) is 2.72. The van der Waals surface area contributed by atoms with Crippen LogP contribution in [0, 0.1) is 6.92 Å². The number of rotatable bonds is 4. The fourth-order valence-electron chi connectivity index (χ4n) is 3.46. The first-order valence-corrected chi connectivity index (χ1v) is 9.20. The topological polar surface area (TPSA) is 45.6 Å². The molecule has 0 fully saturated rings. The van der Waals surface area contributed by atoms with E-state index in [4.69, 9.17) is 0 Å². The number of benzene rings is 2. The molecule has 0 radical (unpaired) electrons. The number of fused-ring (bicyclic) bond motifs is 1. The Kier molecular flexibility index (Phi) is 4.77. The van der Waals surface area contributed by atoms with Gasteiger partial charge in [-0.05, 0) is 36.3 Å². The number of hydrogen-bond donors (Lipinski definition) is 1. The minimum atomic E-state index is -0.231. The number of nitrogens with zero attached hydrogens (tertiary/aromatic N) is 2. The van der Waals surface area contributed by atoms with Crippen LogP contribution < -0.4 is 10.1 Å². The van der Waals surface area contributed by atoms with Crippen molar-refractivity contribution in [2.75, 3.05) is 0 Å². The summed E-state index contributed by atoms with van der Waals surface area (Å²) in [4.78, 5) is 13.1.